The van der Waals surface area contributed by atoms with Crippen LogP contribution in [0.5, 0.6) is 5.75 Å². The van der Waals surface area contributed by atoms with Crippen molar-refractivity contribution in [2.75, 3.05) is 26.7 Å². The summed E-state index contributed by atoms with van der Waals surface area (Å²) in [6.07, 6.45) is 6.20. The summed E-state index contributed by atoms with van der Waals surface area (Å²) in [6.45, 7) is 3.06. The number of likely N-dealkylation sites (tertiary alicyclic amines) is 1. The minimum absolute atomic E-state index is 0.151. The molecule has 1 aromatic carbocycles. The number of rotatable bonds is 5. The number of amides is 1. The first-order valence-corrected chi connectivity index (χ1v) is 9.82. The number of ether oxygens (including phenoxy) is 1. The van der Waals surface area contributed by atoms with Crippen LogP contribution in [0.15, 0.2) is 22.7 Å². The van der Waals surface area contributed by atoms with Gasteiger partial charge in [-0.05, 0) is 69.3 Å². The molecule has 3 rings (SSSR count). The molecule has 1 unspecified atom stereocenters. The monoisotopic (exact) mass is 394 g/mol. The molecule has 1 aromatic rings. The number of methoxy groups -OCH3 is 1. The van der Waals surface area contributed by atoms with Gasteiger partial charge in [-0.2, -0.15) is 0 Å². The Morgan fingerprint density at radius 3 is 2.88 bits per heavy atom. The van der Waals surface area contributed by atoms with Crippen LogP contribution in [0, 0.1) is 5.92 Å². The van der Waals surface area contributed by atoms with E-state index in [1.165, 1.54) is 12.8 Å². The highest BCUT2D eigenvalue weighted by Gasteiger charge is 2.32. The van der Waals surface area contributed by atoms with Crippen LogP contribution >= 0.6 is 15.9 Å². The fourth-order valence-electron chi connectivity index (χ4n) is 4.00. The molecule has 2 heterocycles. The summed E-state index contributed by atoms with van der Waals surface area (Å²) in [5.41, 5.74) is 1.12. The summed E-state index contributed by atoms with van der Waals surface area (Å²) in [5, 5.41) is 3.39. The van der Waals surface area contributed by atoms with E-state index in [1.807, 2.05) is 12.1 Å². The molecule has 2 aliphatic heterocycles. The van der Waals surface area contributed by atoms with E-state index >= 15 is 0 Å². The van der Waals surface area contributed by atoms with Crippen molar-refractivity contribution in [1.29, 1.82) is 0 Å². The topological polar surface area (TPSA) is 41.6 Å². The van der Waals surface area contributed by atoms with Crippen molar-refractivity contribution < 1.29 is 9.53 Å². The van der Waals surface area contributed by atoms with Crippen molar-refractivity contribution in [2.45, 2.75) is 44.6 Å². The van der Waals surface area contributed by atoms with Gasteiger partial charge in [0.05, 0.1) is 13.2 Å². The Labute approximate surface area is 153 Å². The highest BCUT2D eigenvalue weighted by Crippen LogP contribution is 2.39. The van der Waals surface area contributed by atoms with Crippen molar-refractivity contribution in [3.05, 3.63) is 28.2 Å². The van der Waals surface area contributed by atoms with Gasteiger partial charge in [0, 0.05) is 23.0 Å². The molecule has 132 valence electrons. The van der Waals surface area contributed by atoms with Crippen LogP contribution in [-0.2, 0) is 4.79 Å². The highest BCUT2D eigenvalue weighted by molar-refractivity contribution is 9.10. The number of carbonyl (C=O) groups excluding carboxylic acids is 1. The van der Waals surface area contributed by atoms with Crippen molar-refractivity contribution >= 4 is 21.8 Å². The zero-order valence-corrected chi connectivity index (χ0v) is 16.0. The van der Waals surface area contributed by atoms with Crippen molar-refractivity contribution in [1.82, 2.24) is 10.2 Å². The lowest BCUT2D eigenvalue weighted by Crippen LogP contribution is -2.32. The summed E-state index contributed by atoms with van der Waals surface area (Å²) in [5.74, 6) is 1.89. The maximum Gasteiger partial charge on any atom is 0.223 e. The van der Waals surface area contributed by atoms with Gasteiger partial charge in [-0.25, -0.2) is 0 Å². The van der Waals surface area contributed by atoms with Gasteiger partial charge in [0.15, 0.2) is 0 Å². The largest absolute Gasteiger partial charge is 0.496 e. The van der Waals surface area contributed by atoms with Crippen LogP contribution in [-0.4, -0.2) is 37.6 Å². The normalized spacial score (nSPS) is 21.9. The Balaban J connectivity index is 1.66. The molecule has 0 aromatic heterocycles. The number of carbonyl (C=O) groups is 1. The van der Waals surface area contributed by atoms with Crippen LogP contribution in [0.1, 0.15) is 50.1 Å². The molecule has 0 spiro atoms. The molecular formula is C19H27BrN2O2. The lowest BCUT2D eigenvalue weighted by molar-refractivity contribution is -0.132. The fraction of sp³-hybridized carbons (Fsp3) is 0.632. The Kier molecular flexibility index (Phi) is 6.17. The number of hydrogen-bond acceptors (Lipinski definition) is 3. The molecule has 5 heteroatoms. The second-order valence-corrected chi connectivity index (χ2v) is 7.78. The minimum atomic E-state index is 0.151. The summed E-state index contributed by atoms with van der Waals surface area (Å²) in [4.78, 5) is 14.9. The third-order valence-electron chi connectivity index (χ3n) is 5.35. The van der Waals surface area contributed by atoms with Gasteiger partial charge in [-0.3, -0.25) is 4.79 Å². The van der Waals surface area contributed by atoms with Crippen LogP contribution in [0.3, 0.4) is 0 Å². The first-order chi connectivity index (χ1) is 11.7. The standard InChI is InChI=1S/C19H27BrN2O2/c1-24-18-6-5-15(20)13-16(18)17-3-2-12-22(17)19(23)7-4-14-8-10-21-11-9-14/h5-6,13-14,17,21H,2-4,7-12H2,1H3. The molecule has 1 amide bonds. The third-order valence-corrected chi connectivity index (χ3v) is 5.84. The van der Waals surface area contributed by atoms with E-state index in [-0.39, 0.29) is 6.04 Å². The minimum Gasteiger partial charge on any atom is -0.496 e. The lowest BCUT2D eigenvalue weighted by atomic mass is 9.93. The van der Waals surface area contributed by atoms with Gasteiger partial charge in [0.2, 0.25) is 5.91 Å². The number of piperidine rings is 1. The third kappa shape index (κ3) is 4.12. The smallest absolute Gasteiger partial charge is 0.223 e. The number of nitrogens with one attached hydrogen (secondary N) is 1. The van der Waals surface area contributed by atoms with E-state index in [0.717, 1.165) is 54.7 Å². The summed E-state index contributed by atoms with van der Waals surface area (Å²) in [6, 6.07) is 6.22. The van der Waals surface area contributed by atoms with Crippen LogP contribution in [0.25, 0.3) is 0 Å². The summed E-state index contributed by atoms with van der Waals surface area (Å²) >= 11 is 3.55. The predicted molar refractivity (Wildman–Crippen MR) is 99.2 cm³/mol. The average Bonchev–Trinajstić information content (AvgIpc) is 3.10. The molecule has 1 N–H and O–H groups in total. The molecule has 24 heavy (non-hydrogen) atoms. The van der Waals surface area contributed by atoms with E-state index < -0.39 is 0 Å². The Bertz CT molecular complexity index is 572. The van der Waals surface area contributed by atoms with Crippen molar-refractivity contribution in [3.63, 3.8) is 0 Å². The van der Waals surface area contributed by atoms with E-state index in [0.29, 0.717) is 18.2 Å². The first kappa shape index (κ1) is 17.7. The van der Waals surface area contributed by atoms with E-state index in [1.54, 1.807) is 7.11 Å². The van der Waals surface area contributed by atoms with Crippen LogP contribution < -0.4 is 10.1 Å². The Morgan fingerprint density at radius 2 is 2.12 bits per heavy atom. The van der Waals surface area contributed by atoms with E-state index in [9.17, 15) is 4.79 Å². The van der Waals surface area contributed by atoms with E-state index in [4.69, 9.17) is 4.74 Å². The maximum atomic E-state index is 12.8. The molecule has 1 atom stereocenters. The molecule has 0 bridgehead atoms. The highest BCUT2D eigenvalue weighted by atomic mass is 79.9. The number of hydrogen-bond donors (Lipinski definition) is 1. The zero-order valence-electron chi connectivity index (χ0n) is 14.4. The van der Waals surface area contributed by atoms with Gasteiger partial charge in [0.1, 0.15) is 5.75 Å². The van der Waals surface area contributed by atoms with Crippen molar-refractivity contribution in [2.24, 2.45) is 5.92 Å². The van der Waals surface area contributed by atoms with Gasteiger partial charge in [0.25, 0.3) is 0 Å². The van der Waals surface area contributed by atoms with E-state index in [2.05, 4.69) is 32.2 Å². The zero-order chi connectivity index (χ0) is 16.9. The SMILES string of the molecule is COc1ccc(Br)cc1C1CCCN1C(=O)CCC1CCNCC1. The first-order valence-electron chi connectivity index (χ1n) is 9.02. The van der Waals surface area contributed by atoms with Gasteiger partial charge >= 0.3 is 0 Å². The van der Waals surface area contributed by atoms with Crippen LogP contribution in [0.2, 0.25) is 0 Å². The molecule has 0 aliphatic carbocycles. The fourth-order valence-corrected chi connectivity index (χ4v) is 4.37. The molecule has 2 aliphatic rings. The van der Waals surface area contributed by atoms with Gasteiger partial charge in [-0.15, -0.1) is 0 Å². The average molecular weight is 395 g/mol. The Hall–Kier alpha value is -1.07. The van der Waals surface area contributed by atoms with Gasteiger partial charge < -0.3 is 15.0 Å². The predicted octanol–water partition coefficient (Wildman–Crippen LogP) is 3.90. The second kappa shape index (κ2) is 8.34. The molecule has 2 fully saturated rings. The molecule has 2 saturated heterocycles. The summed E-state index contributed by atoms with van der Waals surface area (Å²) in [7, 11) is 1.70. The molecule has 4 nitrogen and oxygen atoms in total. The van der Waals surface area contributed by atoms with Crippen molar-refractivity contribution in [3.8, 4) is 5.75 Å². The number of nitrogens with zero attached hydrogens (tertiary/aromatic N) is 1. The van der Waals surface area contributed by atoms with Gasteiger partial charge in [-0.1, -0.05) is 15.9 Å². The summed E-state index contributed by atoms with van der Waals surface area (Å²) < 4.78 is 6.56. The second-order valence-electron chi connectivity index (χ2n) is 6.86. The molecule has 0 saturated carbocycles. The quantitative estimate of drug-likeness (QED) is 0.822. The lowest BCUT2D eigenvalue weighted by Gasteiger charge is -2.28. The number of halogens is 1. The molecular weight excluding hydrogens is 368 g/mol. The van der Waals surface area contributed by atoms with Crippen LogP contribution in [0.4, 0.5) is 0 Å². The Morgan fingerprint density at radius 1 is 1.33 bits per heavy atom. The molecule has 0 radical (unpaired) electrons. The number of benzene rings is 1. The maximum absolute atomic E-state index is 12.8.